The molecule has 1 amide bonds. The number of aliphatic hydroxyl groups is 1. The summed E-state index contributed by atoms with van der Waals surface area (Å²) in [5, 5.41) is 21.5. The van der Waals surface area contributed by atoms with Crippen LogP contribution in [-0.2, 0) is 9.59 Å². The summed E-state index contributed by atoms with van der Waals surface area (Å²) < 4.78 is 5.19. The van der Waals surface area contributed by atoms with Crippen LogP contribution in [0, 0.1) is 13.8 Å². The summed E-state index contributed by atoms with van der Waals surface area (Å²) in [4.78, 5) is 27.7. The quantitative estimate of drug-likeness (QED) is 0.311. The number of ketones is 1. The van der Waals surface area contributed by atoms with E-state index in [-0.39, 0.29) is 22.1 Å². The van der Waals surface area contributed by atoms with Crippen molar-refractivity contribution in [1.82, 2.24) is 0 Å². The predicted octanol–water partition coefficient (Wildman–Crippen LogP) is 5.30. The Labute approximate surface area is 196 Å². The smallest absolute Gasteiger partial charge is 0.300 e. The van der Waals surface area contributed by atoms with Gasteiger partial charge in [0.25, 0.3) is 11.7 Å². The number of nitrogens with zero attached hydrogens (tertiary/aromatic N) is 1. The van der Waals surface area contributed by atoms with Gasteiger partial charge in [0.2, 0.25) is 0 Å². The summed E-state index contributed by atoms with van der Waals surface area (Å²) in [7, 11) is 1.48. The number of aryl methyl sites for hydroxylation is 2. The van der Waals surface area contributed by atoms with Crippen LogP contribution in [0.5, 0.6) is 11.5 Å². The van der Waals surface area contributed by atoms with Crippen molar-refractivity contribution in [2.24, 2.45) is 0 Å². The number of aromatic hydroxyl groups is 1. The number of hydrogen-bond acceptors (Lipinski definition) is 5. The van der Waals surface area contributed by atoms with Crippen molar-refractivity contribution in [1.29, 1.82) is 0 Å². The van der Waals surface area contributed by atoms with E-state index >= 15 is 0 Å². The van der Waals surface area contributed by atoms with Crippen LogP contribution in [0.1, 0.15) is 28.3 Å². The molecule has 0 saturated carbocycles. The Morgan fingerprint density at radius 1 is 1.00 bits per heavy atom. The molecular formula is C26H22ClNO5. The minimum atomic E-state index is -0.969. The molecule has 4 rings (SSSR count). The van der Waals surface area contributed by atoms with Gasteiger partial charge in [0.05, 0.1) is 23.7 Å². The lowest BCUT2D eigenvalue weighted by molar-refractivity contribution is -0.132. The first kappa shape index (κ1) is 22.4. The van der Waals surface area contributed by atoms with Crippen LogP contribution in [0.3, 0.4) is 0 Å². The van der Waals surface area contributed by atoms with Gasteiger partial charge in [0.1, 0.15) is 17.3 Å². The summed E-state index contributed by atoms with van der Waals surface area (Å²) in [6, 6.07) is 15.3. The van der Waals surface area contributed by atoms with Crippen LogP contribution in [0.15, 0.2) is 66.2 Å². The summed E-state index contributed by atoms with van der Waals surface area (Å²) in [5.74, 6) is -1.54. The molecule has 3 aromatic rings. The Morgan fingerprint density at radius 3 is 2.39 bits per heavy atom. The minimum Gasteiger partial charge on any atom is -0.508 e. The number of halogens is 1. The number of phenolic OH excluding ortho intramolecular Hbond substituents is 1. The van der Waals surface area contributed by atoms with Gasteiger partial charge in [0, 0.05) is 11.3 Å². The number of carbonyl (C=O) groups excluding carboxylic acids is 2. The van der Waals surface area contributed by atoms with Gasteiger partial charge in [-0.05, 0) is 66.9 Å². The lowest BCUT2D eigenvalue weighted by atomic mass is 9.94. The number of phenols is 1. The molecule has 0 spiro atoms. The van der Waals surface area contributed by atoms with Crippen LogP contribution < -0.4 is 9.64 Å². The lowest BCUT2D eigenvalue weighted by Crippen LogP contribution is -2.29. The van der Waals surface area contributed by atoms with Crippen molar-refractivity contribution in [2.45, 2.75) is 19.9 Å². The average Bonchev–Trinajstić information content (AvgIpc) is 3.05. The highest BCUT2D eigenvalue weighted by molar-refractivity contribution is 6.51. The maximum absolute atomic E-state index is 13.2. The van der Waals surface area contributed by atoms with Gasteiger partial charge in [-0.25, -0.2) is 0 Å². The van der Waals surface area contributed by atoms with Gasteiger partial charge in [-0.1, -0.05) is 35.9 Å². The Kier molecular flexibility index (Phi) is 5.87. The van der Waals surface area contributed by atoms with Crippen molar-refractivity contribution in [3.63, 3.8) is 0 Å². The van der Waals surface area contributed by atoms with Crippen LogP contribution in [0.25, 0.3) is 5.76 Å². The average molecular weight is 464 g/mol. The number of hydrogen-bond donors (Lipinski definition) is 2. The number of Topliss-reactive ketones (excluding diaryl/α,β-unsaturated/α-hetero) is 1. The Hall–Kier alpha value is -3.77. The summed E-state index contributed by atoms with van der Waals surface area (Å²) in [6.07, 6.45) is 0. The zero-order valence-corrected chi connectivity index (χ0v) is 19.1. The predicted molar refractivity (Wildman–Crippen MR) is 127 cm³/mol. The van der Waals surface area contributed by atoms with Crippen molar-refractivity contribution in [3.8, 4) is 11.5 Å². The third kappa shape index (κ3) is 3.94. The Morgan fingerprint density at radius 2 is 1.76 bits per heavy atom. The highest BCUT2D eigenvalue weighted by atomic mass is 35.5. The van der Waals surface area contributed by atoms with Crippen LogP contribution in [0.4, 0.5) is 5.69 Å². The monoisotopic (exact) mass is 463 g/mol. The van der Waals surface area contributed by atoms with Gasteiger partial charge in [-0.2, -0.15) is 0 Å². The highest BCUT2D eigenvalue weighted by Gasteiger charge is 2.47. The second-order valence-electron chi connectivity index (χ2n) is 7.88. The first-order valence-corrected chi connectivity index (χ1v) is 10.6. The summed E-state index contributed by atoms with van der Waals surface area (Å²) in [6.45, 7) is 3.84. The fraction of sp³-hybridized carbons (Fsp3) is 0.154. The zero-order valence-electron chi connectivity index (χ0n) is 18.3. The van der Waals surface area contributed by atoms with E-state index in [1.54, 1.807) is 36.4 Å². The Balaban J connectivity index is 1.96. The van der Waals surface area contributed by atoms with Gasteiger partial charge < -0.3 is 14.9 Å². The topological polar surface area (TPSA) is 87.1 Å². The highest BCUT2D eigenvalue weighted by Crippen LogP contribution is 2.44. The molecule has 1 fully saturated rings. The fourth-order valence-electron chi connectivity index (χ4n) is 3.96. The molecule has 0 bridgehead atoms. The molecule has 7 heteroatoms. The SMILES string of the molecule is COc1ccc(N2C(=O)C(=O)/C(=C(/O)c3ccc(C)c(C)c3)C2c2cccc(O)c2)cc1Cl. The molecule has 6 nitrogen and oxygen atoms in total. The van der Waals surface area contributed by atoms with E-state index in [1.165, 1.54) is 30.2 Å². The van der Waals surface area contributed by atoms with E-state index in [4.69, 9.17) is 16.3 Å². The van der Waals surface area contributed by atoms with Gasteiger partial charge in [0.15, 0.2) is 0 Å². The maximum atomic E-state index is 13.2. The van der Waals surface area contributed by atoms with Gasteiger partial charge >= 0.3 is 0 Å². The lowest BCUT2D eigenvalue weighted by Gasteiger charge is -2.26. The molecule has 3 aromatic carbocycles. The van der Waals surface area contributed by atoms with Gasteiger partial charge in [-0.3, -0.25) is 14.5 Å². The first-order valence-electron chi connectivity index (χ1n) is 10.2. The normalized spacial score (nSPS) is 17.5. The van der Waals surface area contributed by atoms with E-state index < -0.39 is 17.7 Å². The van der Waals surface area contributed by atoms with E-state index in [0.29, 0.717) is 22.6 Å². The molecule has 1 aliphatic rings. The third-order valence-corrected chi connectivity index (χ3v) is 6.12. The van der Waals surface area contributed by atoms with Crippen LogP contribution >= 0.6 is 11.6 Å². The molecule has 2 N–H and O–H groups in total. The summed E-state index contributed by atoms with van der Waals surface area (Å²) >= 11 is 6.29. The third-order valence-electron chi connectivity index (χ3n) is 5.82. The first-order chi connectivity index (χ1) is 15.7. The molecule has 1 heterocycles. The molecule has 168 valence electrons. The minimum absolute atomic E-state index is 0.0305. The number of benzene rings is 3. The number of aliphatic hydroxyl groups excluding tert-OH is 1. The van der Waals surface area contributed by atoms with Crippen LogP contribution in [-0.4, -0.2) is 29.0 Å². The number of carbonyl (C=O) groups is 2. The van der Waals surface area contributed by atoms with E-state index in [0.717, 1.165) is 11.1 Å². The number of methoxy groups -OCH3 is 1. The van der Waals surface area contributed by atoms with Crippen molar-refractivity contribution >= 4 is 34.7 Å². The largest absolute Gasteiger partial charge is 0.508 e. The number of ether oxygens (including phenoxy) is 1. The van der Waals surface area contributed by atoms with Crippen LogP contribution in [0.2, 0.25) is 5.02 Å². The number of rotatable bonds is 4. The molecule has 1 atom stereocenters. The molecule has 1 saturated heterocycles. The number of anilines is 1. The van der Waals surface area contributed by atoms with Gasteiger partial charge in [-0.15, -0.1) is 0 Å². The molecule has 1 aliphatic heterocycles. The molecule has 0 aliphatic carbocycles. The van der Waals surface area contributed by atoms with E-state index in [2.05, 4.69) is 0 Å². The molecular weight excluding hydrogens is 442 g/mol. The zero-order chi connectivity index (χ0) is 23.9. The molecule has 0 radical (unpaired) electrons. The molecule has 1 unspecified atom stereocenters. The standard InChI is InChI=1S/C26H22ClNO5/c1-14-7-8-17(11-15(14)2)24(30)22-23(16-5-4-6-19(29)12-16)28(26(32)25(22)31)18-9-10-21(33-3)20(27)13-18/h4-13,23,29-30H,1-3H3/b24-22+. The summed E-state index contributed by atoms with van der Waals surface area (Å²) in [5.41, 5.74) is 3.14. The second kappa shape index (κ2) is 8.64. The van der Waals surface area contributed by atoms with Crippen molar-refractivity contribution in [3.05, 3.63) is 93.5 Å². The maximum Gasteiger partial charge on any atom is 0.300 e. The molecule has 0 aromatic heterocycles. The Bertz CT molecular complexity index is 1310. The fourth-order valence-corrected chi connectivity index (χ4v) is 4.21. The van der Waals surface area contributed by atoms with Crippen molar-refractivity contribution < 1.29 is 24.5 Å². The van der Waals surface area contributed by atoms with E-state index in [1.807, 2.05) is 19.9 Å². The van der Waals surface area contributed by atoms with Crippen molar-refractivity contribution in [2.75, 3.05) is 12.0 Å². The second-order valence-corrected chi connectivity index (χ2v) is 8.29. The molecule has 33 heavy (non-hydrogen) atoms. The number of amides is 1. The van der Waals surface area contributed by atoms with E-state index in [9.17, 15) is 19.8 Å².